The van der Waals surface area contributed by atoms with Gasteiger partial charge >= 0.3 is 0 Å². The molecule has 0 aliphatic heterocycles. The van der Waals surface area contributed by atoms with Crippen molar-refractivity contribution in [1.82, 2.24) is 10.4 Å². The van der Waals surface area contributed by atoms with Crippen LogP contribution < -0.4 is 10.9 Å². The van der Waals surface area contributed by atoms with E-state index in [0.717, 1.165) is 21.5 Å². The first-order valence-electron chi connectivity index (χ1n) is 7.96. The van der Waals surface area contributed by atoms with Crippen LogP contribution in [0.5, 0.6) is 0 Å². The molecule has 7 heteroatoms. The number of halogens is 1. The number of hydrogen-bond acceptors (Lipinski definition) is 5. The fourth-order valence-corrected chi connectivity index (χ4v) is 4.08. The predicted molar refractivity (Wildman–Crippen MR) is 108 cm³/mol. The van der Waals surface area contributed by atoms with Crippen molar-refractivity contribution in [3.8, 4) is 0 Å². The van der Waals surface area contributed by atoms with E-state index in [0.29, 0.717) is 22.3 Å². The molecule has 4 nitrogen and oxygen atoms in total. The highest BCUT2D eigenvalue weighted by atomic mass is 35.5. The number of carbonyl (C=O) groups is 1. The van der Waals surface area contributed by atoms with Gasteiger partial charge in [-0.1, -0.05) is 35.9 Å². The van der Waals surface area contributed by atoms with Crippen molar-refractivity contribution in [1.29, 1.82) is 0 Å². The van der Waals surface area contributed by atoms with Crippen LogP contribution >= 0.6 is 34.7 Å². The van der Waals surface area contributed by atoms with Gasteiger partial charge in [-0.05, 0) is 48.4 Å². The number of nitrogens with zero attached hydrogens (tertiary/aromatic N) is 1. The number of anilines is 1. The fraction of sp³-hybridized carbons (Fsp3) is 0.222. The van der Waals surface area contributed by atoms with Gasteiger partial charge in [0.1, 0.15) is 0 Å². The third-order valence-electron chi connectivity index (χ3n) is 3.58. The van der Waals surface area contributed by atoms with Crippen molar-refractivity contribution in [2.75, 3.05) is 11.2 Å². The predicted octanol–water partition coefficient (Wildman–Crippen LogP) is 5.14. The molecule has 3 rings (SSSR count). The van der Waals surface area contributed by atoms with Gasteiger partial charge in [0.2, 0.25) is 11.0 Å². The van der Waals surface area contributed by atoms with E-state index in [-0.39, 0.29) is 5.91 Å². The molecule has 2 N–H and O–H groups in total. The van der Waals surface area contributed by atoms with Crippen LogP contribution in [0, 0.1) is 0 Å². The van der Waals surface area contributed by atoms with Gasteiger partial charge in [-0.15, -0.1) is 11.8 Å². The largest absolute Gasteiger partial charge is 0.273 e. The minimum atomic E-state index is -0.0602. The molecule has 130 valence electrons. The molecule has 0 saturated carbocycles. The van der Waals surface area contributed by atoms with Crippen molar-refractivity contribution in [2.24, 2.45) is 0 Å². The van der Waals surface area contributed by atoms with Gasteiger partial charge in [0.15, 0.2) is 0 Å². The Morgan fingerprint density at radius 2 is 2.04 bits per heavy atom. The van der Waals surface area contributed by atoms with E-state index in [9.17, 15) is 4.79 Å². The minimum absolute atomic E-state index is 0.0602. The highest BCUT2D eigenvalue weighted by molar-refractivity contribution is 7.99. The highest BCUT2D eigenvalue weighted by Crippen LogP contribution is 2.26. The highest BCUT2D eigenvalue weighted by Gasteiger charge is 2.06. The van der Waals surface area contributed by atoms with Crippen molar-refractivity contribution in [2.45, 2.75) is 24.7 Å². The first-order chi connectivity index (χ1) is 12.1. The molecule has 1 heterocycles. The fourth-order valence-electron chi connectivity index (χ4n) is 2.22. The Balaban J connectivity index is 1.46. The van der Waals surface area contributed by atoms with E-state index in [1.54, 1.807) is 11.8 Å². The van der Waals surface area contributed by atoms with Gasteiger partial charge in [-0.25, -0.2) is 4.98 Å². The van der Waals surface area contributed by atoms with Crippen molar-refractivity contribution in [3.63, 3.8) is 0 Å². The first-order valence-corrected chi connectivity index (χ1v) is 10.1. The second-order valence-electron chi connectivity index (χ2n) is 5.40. The van der Waals surface area contributed by atoms with Crippen LogP contribution in [-0.4, -0.2) is 16.6 Å². The summed E-state index contributed by atoms with van der Waals surface area (Å²) in [6.07, 6.45) is 1.42. The molecule has 1 aromatic heterocycles. The molecular formula is C18H18ClN3OS2. The Morgan fingerprint density at radius 1 is 1.24 bits per heavy atom. The van der Waals surface area contributed by atoms with E-state index in [1.165, 1.54) is 16.9 Å². The van der Waals surface area contributed by atoms with Gasteiger partial charge < -0.3 is 0 Å². The van der Waals surface area contributed by atoms with E-state index in [4.69, 9.17) is 11.6 Å². The van der Waals surface area contributed by atoms with Crippen LogP contribution in [0.1, 0.15) is 18.9 Å². The summed E-state index contributed by atoms with van der Waals surface area (Å²) in [5.41, 5.74) is 7.84. The molecule has 0 radical (unpaired) electrons. The number of carbonyl (C=O) groups excluding carboxylic acids is 1. The number of fused-ring (bicyclic) bond motifs is 1. The lowest BCUT2D eigenvalue weighted by atomic mass is 10.2. The van der Waals surface area contributed by atoms with Crippen LogP contribution in [0.25, 0.3) is 10.2 Å². The van der Waals surface area contributed by atoms with Gasteiger partial charge in [0.25, 0.3) is 0 Å². The molecule has 0 spiro atoms. The average Bonchev–Trinajstić information content (AvgIpc) is 3.03. The summed E-state index contributed by atoms with van der Waals surface area (Å²) < 4.78 is 1.12. The molecule has 0 bridgehead atoms. The van der Waals surface area contributed by atoms with E-state index < -0.39 is 0 Å². The lowest BCUT2D eigenvalue weighted by Crippen LogP contribution is -2.29. The maximum atomic E-state index is 11.9. The van der Waals surface area contributed by atoms with E-state index in [2.05, 4.69) is 34.9 Å². The standard InChI is InChI=1S/C18H18ClN3OS2/c1-2-12-3-8-15-16(11-12)25-18(20-15)22-21-17(23)9-10-24-14-6-4-13(19)5-7-14/h3-8,11H,2,9-10H2,1H3,(H,20,22)(H,21,23). The third kappa shape index (κ3) is 5.11. The summed E-state index contributed by atoms with van der Waals surface area (Å²) in [6.45, 7) is 2.13. The number of hydrazine groups is 1. The quantitative estimate of drug-likeness (QED) is 0.432. The smallest absolute Gasteiger partial charge is 0.239 e. The normalized spacial score (nSPS) is 10.8. The Bertz CT molecular complexity index is 864. The topological polar surface area (TPSA) is 54.0 Å². The number of aryl methyl sites for hydroxylation is 1. The lowest BCUT2D eigenvalue weighted by molar-refractivity contribution is -0.120. The maximum absolute atomic E-state index is 11.9. The van der Waals surface area contributed by atoms with Crippen LogP contribution in [0.4, 0.5) is 5.13 Å². The van der Waals surface area contributed by atoms with Crippen molar-refractivity contribution in [3.05, 3.63) is 53.1 Å². The number of aromatic nitrogens is 1. The molecule has 0 unspecified atom stereocenters. The van der Waals surface area contributed by atoms with E-state index in [1.807, 2.05) is 30.3 Å². The molecule has 1 amide bonds. The number of nitrogens with one attached hydrogen (secondary N) is 2. The van der Waals surface area contributed by atoms with Crippen LogP contribution in [0.15, 0.2) is 47.4 Å². The summed E-state index contributed by atoms with van der Waals surface area (Å²) in [6, 6.07) is 13.8. The summed E-state index contributed by atoms with van der Waals surface area (Å²) in [5, 5.41) is 1.41. The zero-order valence-corrected chi connectivity index (χ0v) is 16.1. The molecule has 0 fully saturated rings. The lowest BCUT2D eigenvalue weighted by Gasteiger charge is -2.05. The molecule has 0 atom stereocenters. The molecule has 2 aromatic carbocycles. The number of amides is 1. The van der Waals surface area contributed by atoms with Crippen LogP contribution in [-0.2, 0) is 11.2 Å². The molecule has 25 heavy (non-hydrogen) atoms. The Kier molecular flexibility index (Phi) is 6.18. The Morgan fingerprint density at radius 3 is 2.80 bits per heavy atom. The number of benzene rings is 2. The van der Waals surface area contributed by atoms with Gasteiger partial charge in [0.05, 0.1) is 10.2 Å². The maximum Gasteiger partial charge on any atom is 0.239 e. The number of hydrogen-bond donors (Lipinski definition) is 2. The first kappa shape index (κ1) is 18.0. The van der Waals surface area contributed by atoms with Crippen molar-refractivity contribution >= 4 is 56.0 Å². The second-order valence-corrected chi connectivity index (χ2v) is 8.04. The monoisotopic (exact) mass is 391 g/mol. The average molecular weight is 392 g/mol. The van der Waals surface area contributed by atoms with Gasteiger partial charge in [-0.2, -0.15) is 0 Å². The van der Waals surface area contributed by atoms with Crippen molar-refractivity contribution < 1.29 is 4.79 Å². The zero-order chi connectivity index (χ0) is 17.6. The number of thiazole rings is 1. The SMILES string of the molecule is CCc1ccc2nc(NNC(=O)CCSc3ccc(Cl)cc3)sc2c1. The minimum Gasteiger partial charge on any atom is -0.273 e. The molecule has 0 saturated heterocycles. The number of thioether (sulfide) groups is 1. The Labute approximate surface area is 160 Å². The van der Waals surface area contributed by atoms with Crippen LogP contribution in [0.3, 0.4) is 0 Å². The molecule has 0 aliphatic carbocycles. The zero-order valence-electron chi connectivity index (χ0n) is 13.7. The molecule has 3 aromatic rings. The summed E-state index contributed by atoms with van der Waals surface area (Å²) in [7, 11) is 0. The second kappa shape index (κ2) is 8.56. The third-order valence-corrected chi connectivity index (χ3v) is 5.78. The van der Waals surface area contributed by atoms with E-state index >= 15 is 0 Å². The van der Waals surface area contributed by atoms with Gasteiger partial charge in [0, 0.05) is 22.1 Å². The number of rotatable bonds is 7. The molecule has 0 aliphatic rings. The summed E-state index contributed by atoms with van der Waals surface area (Å²) >= 11 is 9.02. The Hall–Kier alpha value is -1.76. The molecular weight excluding hydrogens is 374 g/mol. The summed E-state index contributed by atoms with van der Waals surface area (Å²) in [4.78, 5) is 17.5. The summed E-state index contributed by atoms with van der Waals surface area (Å²) in [5.74, 6) is 0.643. The van der Waals surface area contributed by atoms with Crippen LogP contribution in [0.2, 0.25) is 5.02 Å². The van der Waals surface area contributed by atoms with Gasteiger partial charge in [-0.3, -0.25) is 15.6 Å².